The standard InChI is InChI=1S/C10H16F3NO2/c11-10(12,13)8-16-6-5-14-3-1-9(7-15)2-4-14/h7,9H,1-6,8H2. The predicted molar refractivity (Wildman–Crippen MR) is 52.1 cm³/mol. The predicted octanol–water partition coefficient (Wildman–Crippen LogP) is 1.48. The molecule has 0 aliphatic carbocycles. The molecule has 1 rings (SSSR count). The van der Waals surface area contributed by atoms with Crippen LogP contribution in [0.4, 0.5) is 13.2 Å². The highest BCUT2D eigenvalue weighted by molar-refractivity contribution is 5.53. The maximum Gasteiger partial charge on any atom is 0.411 e. The van der Waals surface area contributed by atoms with Gasteiger partial charge in [0.1, 0.15) is 12.9 Å². The summed E-state index contributed by atoms with van der Waals surface area (Å²) in [7, 11) is 0. The van der Waals surface area contributed by atoms with Crippen LogP contribution in [-0.2, 0) is 9.53 Å². The molecule has 0 aromatic rings. The Kier molecular flexibility index (Phi) is 5.21. The summed E-state index contributed by atoms with van der Waals surface area (Å²) in [4.78, 5) is 12.5. The second kappa shape index (κ2) is 6.20. The topological polar surface area (TPSA) is 29.5 Å². The lowest BCUT2D eigenvalue weighted by Crippen LogP contribution is -2.36. The number of carbonyl (C=O) groups excluding carboxylic acids is 1. The van der Waals surface area contributed by atoms with Gasteiger partial charge < -0.3 is 14.4 Å². The van der Waals surface area contributed by atoms with Gasteiger partial charge in [-0.15, -0.1) is 0 Å². The first-order chi connectivity index (χ1) is 7.51. The fourth-order valence-electron chi connectivity index (χ4n) is 1.69. The van der Waals surface area contributed by atoms with Crippen LogP contribution in [0.3, 0.4) is 0 Å². The first-order valence-electron chi connectivity index (χ1n) is 5.33. The Morgan fingerprint density at radius 1 is 1.31 bits per heavy atom. The first kappa shape index (κ1) is 13.4. The van der Waals surface area contributed by atoms with Crippen LogP contribution < -0.4 is 0 Å². The molecule has 0 bridgehead atoms. The van der Waals surface area contributed by atoms with Gasteiger partial charge in [0.25, 0.3) is 0 Å². The van der Waals surface area contributed by atoms with Crippen LogP contribution in [0.15, 0.2) is 0 Å². The minimum atomic E-state index is -4.25. The second-order valence-corrected chi connectivity index (χ2v) is 3.98. The molecule has 1 fully saturated rings. The molecule has 94 valence electrons. The van der Waals surface area contributed by atoms with Crippen LogP contribution in [0, 0.1) is 5.92 Å². The fraction of sp³-hybridized carbons (Fsp3) is 0.900. The zero-order valence-electron chi connectivity index (χ0n) is 9.00. The quantitative estimate of drug-likeness (QED) is 0.537. The van der Waals surface area contributed by atoms with Gasteiger partial charge in [-0.05, 0) is 25.9 Å². The van der Waals surface area contributed by atoms with Crippen molar-refractivity contribution in [2.24, 2.45) is 5.92 Å². The van der Waals surface area contributed by atoms with Crippen molar-refractivity contribution in [2.45, 2.75) is 19.0 Å². The molecule has 16 heavy (non-hydrogen) atoms. The average molecular weight is 239 g/mol. The highest BCUT2D eigenvalue weighted by Crippen LogP contribution is 2.16. The van der Waals surface area contributed by atoms with Crippen LogP contribution in [0.5, 0.6) is 0 Å². The molecule has 0 amide bonds. The summed E-state index contributed by atoms with van der Waals surface area (Å²) < 4.78 is 39.7. The van der Waals surface area contributed by atoms with Crippen molar-refractivity contribution in [3.63, 3.8) is 0 Å². The molecule has 0 saturated carbocycles. The van der Waals surface area contributed by atoms with Crippen molar-refractivity contribution >= 4 is 6.29 Å². The van der Waals surface area contributed by atoms with Gasteiger partial charge in [0, 0.05) is 12.5 Å². The van der Waals surface area contributed by atoms with Gasteiger partial charge in [-0.2, -0.15) is 13.2 Å². The van der Waals surface area contributed by atoms with E-state index in [9.17, 15) is 18.0 Å². The zero-order chi connectivity index (χ0) is 12.0. The summed E-state index contributed by atoms with van der Waals surface area (Å²) in [6.45, 7) is 0.933. The molecule has 0 N–H and O–H groups in total. The van der Waals surface area contributed by atoms with E-state index in [-0.39, 0.29) is 12.5 Å². The molecule has 0 unspecified atom stereocenters. The summed E-state index contributed by atoms with van der Waals surface area (Å²) in [5.41, 5.74) is 0. The van der Waals surface area contributed by atoms with E-state index in [1.165, 1.54) is 0 Å². The van der Waals surface area contributed by atoms with Crippen LogP contribution in [-0.4, -0.2) is 50.2 Å². The van der Waals surface area contributed by atoms with Crippen molar-refractivity contribution in [3.05, 3.63) is 0 Å². The van der Waals surface area contributed by atoms with Gasteiger partial charge >= 0.3 is 6.18 Å². The van der Waals surface area contributed by atoms with E-state index in [2.05, 4.69) is 4.74 Å². The summed E-state index contributed by atoms with van der Waals surface area (Å²) in [5.74, 6) is 0.118. The van der Waals surface area contributed by atoms with Crippen LogP contribution in [0.2, 0.25) is 0 Å². The third-order valence-electron chi connectivity index (χ3n) is 2.64. The average Bonchev–Trinajstić information content (AvgIpc) is 2.24. The van der Waals surface area contributed by atoms with Gasteiger partial charge in [0.2, 0.25) is 0 Å². The zero-order valence-corrected chi connectivity index (χ0v) is 9.00. The van der Waals surface area contributed by atoms with Crippen LogP contribution >= 0.6 is 0 Å². The molecule has 0 spiro atoms. The Bertz CT molecular complexity index is 213. The minimum absolute atomic E-state index is 0.0886. The Balaban J connectivity index is 2.04. The van der Waals surface area contributed by atoms with E-state index in [0.29, 0.717) is 6.54 Å². The Labute approximate surface area is 92.5 Å². The molecule has 1 aliphatic rings. The maximum atomic E-state index is 11.7. The molecule has 6 heteroatoms. The summed E-state index contributed by atoms with van der Waals surface area (Å²) in [6, 6.07) is 0. The van der Waals surface area contributed by atoms with Gasteiger partial charge in [-0.1, -0.05) is 0 Å². The van der Waals surface area contributed by atoms with E-state index >= 15 is 0 Å². The smallest absolute Gasteiger partial charge is 0.371 e. The van der Waals surface area contributed by atoms with Gasteiger partial charge in [0.05, 0.1) is 6.61 Å². The third-order valence-corrected chi connectivity index (χ3v) is 2.64. The largest absolute Gasteiger partial charge is 0.411 e. The lowest BCUT2D eigenvalue weighted by molar-refractivity contribution is -0.174. The number of hydrogen-bond donors (Lipinski definition) is 0. The number of aldehydes is 1. The van der Waals surface area contributed by atoms with Crippen LogP contribution in [0.1, 0.15) is 12.8 Å². The first-order valence-corrected chi connectivity index (χ1v) is 5.33. The lowest BCUT2D eigenvalue weighted by Gasteiger charge is -2.29. The number of rotatable bonds is 5. The van der Waals surface area contributed by atoms with Gasteiger partial charge in [-0.3, -0.25) is 0 Å². The van der Waals surface area contributed by atoms with Crippen molar-refractivity contribution < 1.29 is 22.7 Å². The van der Waals surface area contributed by atoms with E-state index in [0.717, 1.165) is 32.2 Å². The van der Waals surface area contributed by atoms with E-state index in [1.54, 1.807) is 0 Å². The molecule has 0 radical (unpaired) electrons. The van der Waals surface area contributed by atoms with Crippen molar-refractivity contribution in [1.29, 1.82) is 0 Å². The molecule has 1 heterocycles. The fourth-order valence-corrected chi connectivity index (χ4v) is 1.69. The number of hydrogen-bond acceptors (Lipinski definition) is 3. The Hall–Kier alpha value is -0.620. The molecule has 1 aliphatic heterocycles. The SMILES string of the molecule is O=CC1CCN(CCOCC(F)(F)F)CC1. The number of alkyl halides is 3. The minimum Gasteiger partial charge on any atom is -0.371 e. The summed E-state index contributed by atoms with van der Waals surface area (Å²) in [5, 5.41) is 0. The molecule has 1 saturated heterocycles. The summed E-state index contributed by atoms with van der Waals surface area (Å²) >= 11 is 0. The molecule has 3 nitrogen and oxygen atoms in total. The van der Waals surface area contributed by atoms with Crippen LogP contribution in [0.25, 0.3) is 0 Å². The molecule has 0 aromatic carbocycles. The highest BCUT2D eigenvalue weighted by Gasteiger charge is 2.27. The Morgan fingerprint density at radius 3 is 2.44 bits per heavy atom. The van der Waals surface area contributed by atoms with Crippen molar-refractivity contribution in [1.82, 2.24) is 4.90 Å². The second-order valence-electron chi connectivity index (χ2n) is 3.98. The van der Waals surface area contributed by atoms with Gasteiger partial charge in [-0.25, -0.2) is 0 Å². The summed E-state index contributed by atoms with van der Waals surface area (Å²) in [6.07, 6.45) is -1.70. The molecular weight excluding hydrogens is 223 g/mol. The normalized spacial score (nSPS) is 19.9. The van der Waals surface area contributed by atoms with Crippen molar-refractivity contribution in [2.75, 3.05) is 32.8 Å². The van der Waals surface area contributed by atoms with E-state index < -0.39 is 12.8 Å². The Morgan fingerprint density at radius 2 is 1.94 bits per heavy atom. The number of nitrogens with zero attached hydrogens (tertiary/aromatic N) is 1. The number of ether oxygens (including phenoxy) is 1. The molecule has 0 aromatic heterocycles. The third kappa shape index (κ3) is 5.46. The van der Waals surface area contributed by atoms with Gasteiger partial charge in [0.15, 0.2) is 0 Å². The number of carbonyl (C=O) groups is 1. The van der Waals surface area contributed by atoms with Crippen molar-refractivity contribution in [3.8, 4) is 0 Å². The van der Waals surface area contributed by atoms with E-state index in [4.69, 9.17) is 0 Å². The highest BCUT2D eigenvalue weighted by atomic mass is 19.4. The number of halogens is 3. The maximum absolute atomic E-state index is 11.7. The molecular formula is C10H16F3NO2. The number of piperidine rings is 1. The van der Waals surface area contributed by atoms with E-state index in [1.807, 2.05) is 4.90 Å². The molecule has 0 atom stereocenters. The monoisotopic (exact) mass is 239 g/mol. The lowest BCUT2D eigenvalue weighted by atomic mass is 9.99. The number of likely N-dealkylation sites (tertiary alicyclic amines) is 1.